The molecule has 0 atom stereocenters. The predicted octanol–water partition coefficient (Wildman–Crippen LogP) is 14.7. The number of benzene rings is 8. The van der Waals surface area contributed by atoms with Crippen molar-refractivity contribution in [2.24, 2.45) is 0 Å². The van der Waals surface area contributed by atoms with Crippen LogP contribution in [0.2, 0.25) is 0 Å². The summed E-state index contributed by atoms with van der Waals surface area (Å²) in [7, 11) is 0. The van der Waals surface area contributed by atoms with E-state index in [0.29, 0.717) is 0 Å². The Labute approximate surface area is 323 Å². The Morgan fingerprint density at radius 3 is 1.87 bits per heavy atom. The van der Waals surface area contributed by atoms with Crippen LogP contribution in [-0.2, 0) is 0 Å². The third-order valence-corrected chi connectivity index (χ3v) is 12.3. The zero-order chi connectivity index (χ0) is 36.5. The van der Waals surface area contributed by atoms with E-state index in [4.69, 9.17) is 4.98 Å². The molecule has 3 heteroatoms. The Bertz CT molecular complexity index is 3240. The third kappa shape index (κ3) is 5.20. The second-order valence-electron chi connectivity index (χ2n) is 14.4. The molecular formula is C52H34N2S. The van der Waals surface area contributed by atoms with Crippen LogP contribution >= 0.6 is 11.3 Å². The Kier molecular flexibility index (Phi) is 7.29. The van der Waals surface area contributed by atoms with Crippen LogP contribution in [0.4, 0.5) is 0 Å². The molecule has 0 amide bonds. The van der Waals surface area contributed by atoms with Crippen LogP contribution in [0.3, 0.4) is 0 Å². The van der Waals surface area contributed by atoms with Crippen LogP contribution in [0.15, 0.2) is 188 Å². The van der Waals surface area contributed by atoms with E-state index in [1.807, 2.05) is 11.3 Å². The van der Waals surface area contributed by atoms with Gasteiger partial charge < -0.3 is 0 Å². The first kappa shape index (κ1) is 31.7. The van der Waals surface area contributed by atoms with E-state index in [-0.39, 0.29) is 0 Å². The molecule has 11 aromatic rings. The second kappa shape index (κ2) is 12.7. The number of hydrogen-bond acceptors (Lipinski definition) is 2. The van der Waals surface area contributed by atoms with Crippen molar-refractivity contribution in [2.45, 2.75) is 6.92 Å². The predicted molar refractivity (Wildman–Crippen MR) is 235 cm³/mol. The number of nitrogens with zero attached hydrogens (tertiary/aromatic N) is 2. The highest BCUT2D eigenvalue weighted by Gasteiger charge is 2.21. The molecule has 0 N–H and O–H groups in total. The van der Waals surface area contributed by atoms with E-state index in [1.165, 1.54) is 69.9 Å². The Hall–Kier alpha value is -6.81. The molecule has 0 aliphatic heterocycles. The quantitative estimate of drug-likeness (QED) is 0.162. The highest BCUT2D eigenvalue weighted by Crippen LogP contribution is 2.43. The van der Waals surface area contributed by atoms with Gasteiger partial charge in [0.1, 0.15) is 5.65 Å². The summed E-state index contributed by atoms with van der Waals surface area (Å²) < 4.78 is 5.05. The van der Waals surface area contributed by atoms with Gasteiger partial charge in [-0.2, -0.15) is 0 Å². The zero-order valence-electron chi connectivity index (χ0n) is 30.2. The van der Waals surface area contributed by atoms with Crippen molar-refractivity contribution in [1.29, 1.82) is 0 Å². The van der Waals surface area contributed by atoms with Gasteiger partial charge in [0.15, 0.2) is 0 Å². The third-order valence-electron chi connectivity index (χ3n) is 11.1. The molecular weight excluding hydrogens is 685 g/mol. The first-order valence-electron chi connectivity index (χ1n) is 18.8. The first-order valence-corrected chi connectivity index (χ1v) is 19.6. The summed E-state index contributed by atoms with van der Waals surface area (Å²) in [6, 6.07) is 68.5. The summed E-state index contributed by atoms with van der Waals surface area (Å²) in [5.74, 6) is 0. The molecule has 11 rings (SSSR count). The largest absolute Gasteiger partial charge is 0.291 e. The molecule has 0 fully saturated rings. The molecule has 0 saturated heterocycles. The number of fused-ring (bicyclic) bond motifs is 9. The van der Waals surface area contributed by atoms with Gasteiger partial charge in [-0.1, -0.05) is 157 Å². The molecule has 0 spiro atoms. The molecule has 0 bridgehead atoms. The van der Waals surface area contributed by atoms with E-state index >= 15 is 0 Å². The standard InChI is InChI=1S/C52H34N2S/c1-33-22-24-34(25-23-33)38-26-28-44-45(31-38)46-32-39(37-16-10-17-40(30-37)41-19-11-20-43-42-18-8-9-21-48(42)55-51(41)43)27-29-47(46)54-50(36-14-6-3-7-15-36)49(53-52(44)54)35-12-4-2-5-13-35/h2-32H,1H3. The van der Waals surface area contributed by atoms with Crippen LogP contribution in [0.5, 0.6) is 0 Å². The van der Waals surface area contributed by atoms with Gasteiger partial charge in [0.25, 0.3) is 0 Å². The van der Waals surface area contributed by atoms with Gasteiger partial charge in [0.05, 0.1) is 16.9 Å². The van der Waals surface area contributed by atoms with Crippen LogP contribution in [0.1, 0.15) is 5.56 Å². The minimum absolute atomic E-state index is 0.960. The molecule has 258 valence electrons. The lowest BCUT2D eigenvalue weighted by Crippen LogP contribution is -1.95. The van der Waals surface area contributed by atoms with Gasteiger partial charge in [-0.05, 0) is 82.1 Å². The molecule has 3 heterocycles. The number of aromatic nitrogens is 2. The summed E-state index contributed by atoms with van der Waals surface area (Å²) in [6.07, 6.45) is 0. The van der Waals surface area contributed by atoms with Gasteiger partial charge in [0.2, 0.25) is 0 Å². The van der Waals surface area contributed by atoms with E-state index in [2.05, 4.69) is 199 Å². The van der Waals surface area contributed by atoms with Gasteiger partial charge in [-0.3, -0.25) is 4.40 Å². The van der Waals surface area contributed by atoms with Crippen LogP contribution in [0.25, 0.3) is 103 Å². The second-order valence-corrected chi connectivity index (χ2v) is 15.5. The lowest BCUT2D eigenvalue weighted by Gasteiger charge is -2.15. The van der Waals surface area contributed by atoms with Crippen molar-refractivity contribution < 1.29 is 0 Å². The number of hydrogen-bond donors (Lipinski definition) is 0. The van der Waals surface area contributed by atoms with Crippen molar-refractivity contribution in [1.82, 2.24) is 9.38 Å². The normalized spacial score (nSPS) is 11.7. The topological polar surface area (TPSA) is 17.3 Å². The fourth-order valence-corrected chi connectivity index (χ4v) is 9.59. The average molecular weight is 719 g/mol. The van der Waals surface area contributed by atoms with E-state index in [9.17, 15) is 0 Å². The van der Waals surface area contributed by atoms with Crippen molar-refractivity contribution in [3.05, 3.63) is 194 Å². The van der Waals surface area contributed by atoms with E-state index in [0.717, 1.165) is 39.1 Å². The highest BCUT2D eigenvalue weighted by molar-refractivity contribution is 7.26. The molecule has 3 aromatic heterocycles. The minimum atomic E-state index is 0.960. The molecule has 0 unspecified atom stereocenters. The summed E-state index contributed by atoms with van der Waals surface area (Å²) in [6.45, 7) is 2.14. The lowest BCUT2D eigenvalue weighted by atomic mass is 9.94. The van der Waals surface area contributed by atoms with Crippen LogP contribution in [0, 0.1) is 6.92 Å². The molecule has 55 heavy (non-hydrogen) atoms. The van der Waals surface area contributed by atoms with Crippen LogP contribution in [-0.4, -0.2) is 9.38 Å². The number of aryl methyl sites for hydroxylation is 1. The fourth-order valence-electron chi connectivity index (χ4n) is 8.35. The van der Waals surface area contributed by atoms with Gasteiger partial charge in [-0.25, -0.2) is 4.98 Å². The van der Waals surface area contributed by atoms with Crippen molar-refractivity contribution >= 4 is 58.8 Å². The van der Waals surface area contributed by atoms with Gasteiger partial charge >= 0.3 is 0 Å². The maximum atomic E-state index is 5.48. The lowest BCUT2D eigenvalue weighted by molar-refractivity contribution is 1.27. The molecule has 2 nitrogen and oxygen atoms in total. The summed E-state index contributed by atoms with van der Waals surface area (Å²) in [5.41, 5.74) is 14.9. The number of thiophene rings is 1. The van der Waals surface area contributed by atoms with Gasteiger partial charge in [0, 0.05) is 42.1 Å². The van der Waals surface area contributed by atoms with Crippen molar-refractivity contribution in [2.75, 3.05) is 0 Å². The average Bonchev–Trinajstić information content (AvgIpc) is 3.84. The monoisotopic (exact) mass is 718 g/mol. The Balaban J connectivity index is 1.18. The molecule has 0 saturated carbocycles. The summed E-state index contributed by atoms with van der Waals surface area (Å²) >= 11 is 1.88. The minimum Gasteiger partial charge on any atom is -0.291 e. The maximum absolute atomic E-state index is 5.48. The Morgan fingerprint density at radius 1 is 0.418 bits per heavy atom. The zero-order valence-corrected chi connectivity index (χ0v) is 31.0. The fraction of sp³-hybridized carbons (Fsp3) is 0.0192. The van der Waals surface area contributed by atoms with Crippen molar-refractivity contribution in [3.8, 4) is 55.9 Å². The van der Waals surface area contributed by atoms with Crippen molar-refractivity contribution in [3.63, 3.8) is 0 Å². The van der Waals surface area contributed by atoms with E-state index in [1.54, 1.807) is 0 Å². The van der Waals surface area contributed by atoms with Crippen LogP contribution < -0.4 is 0 Å². The highest BCUT2D eigenvalue weighted by atomic mass is 32.1. The number of imidazole rings is 1. The first-order chi connectivity index (χ1) is 27.2. The Morgan fingerprint density at radius 2 is 1.04 bits per heavy atom. The molecule has 0 radical (unpaired) electrons. The summed E-state index contributed by atoms with van der Waals surface area (Å²) in [5, 5.41) is 6.16. The number of rotatable bonds is 5. The smallest absolute Gasteiger partial charge is 0.146 e. The maximum Gasteiger partial charge on any atom is 0.146 e. The molecule has 8 aromatic carbocycles. The molecule has 0 aliphatic rings. The van der Waals surface area contributed by atoms with Gasteiger partial charge in [-0.15, -0.1) is 11.3 Å². The summed E-state index contributed by atoms with van der Waals surface area (Å²) in [4.78, 5) is 5.48. The number of pyridine rings is 1. The SMILES string of the molecule is Cc1ccc(-c2ccc3c(c2)c2cc(-c4cccc(-c5cccc6c5sc5ccccc56)c4)ccc2n2c(-c4ccccc4)c(-c4ccccc4)nc32)cc1. The molecule has 0 aliphatic carbocycles. The van der Waals surface area contributed by atoms with E-state index < -0.39 is 0 Å².